The van der Waals surface area contributed by atoms with Crippen LogP contribution in [-0.4, -0.2) is 36.9 Å². The zero-order valence-electron chi connectivity index (χ0n) is 13.7. The number of piperazine rings is 1. The zero-order chi connectivity index (χ0) is 17.6. The molecule has 3 rings (SSSR count). The molecule has 1 N–H and O–H groups in total. The second kappa shape index (κ2) is 7.72. The molecule has 1 aliphatic heterocycles. The molecule has 0 unspecified atom stereocenters. The third-order valence-electron chi connectivity index (χ3n) is 4.14. The number of allylic oxidation sites excluding steroid dienone is 1. The molecule has 0 spiro atoms. The predicted molar refractivity (Wildman–Crippen MR) is 98.0 cm³/mol. The van der Waals surface area contributed by atoms with Crippen LogP contribution in [0.5, 0.6) is 0 Å². The van der Waals surface area contributed by atoms with E-state index < -0.39 is 4.92 Å². The molecular formula is C19H19N3O3. The van der Waals surface area contributed by atoms with Crippen LogP contribution >= 0.6 is 0 Å². The van der Waals surface area contributed by atoms with Gasteiger partial charge in [-0.15, -0.1) is 0 Å². The summed E-state index contributed by atoms with van der Waals surface area (Å²) in [6.45, 7) is 3.85. The third kappa shape index (κ3) is 4.30. The van der Waals surface area contributed by atoms with Crippen molar-refractivity contribution in [2.75, 3.05) is 31.1 Å². The fraction of sp³-hybridized carbons (Fsp3) is 0.211. The summed E-state index contributed by atoms with van der Waals surface area (Å²) in [6.07, 6.45) is 3.04. The summed E-state index contributed by atoms with van der Waals surface area (Å²) in [4.78, 5) is 24.9. The molecule has 1 fully saturated rings. The fourth-order valence-corrected chi connectivity index (χ4v) is 2.77. The monoisotopic (exact) mass is 337 g/mol. The van der Waals surface area contributed by atoms with Gasteiger partial charge in [-0.3, -0.25) is 14.9 Å². The van der Waals surface area contributed by atoms with E-state index in [1.54, 1.807) is 18.2 Å². The highest BCUT2D eigenvalue weighted by Gasteiger charge is 2.11. The van der Waals surface area contributed by atoms with Gasteiger partial charge in [0, 0.05) is 49.6 Å². The molecule has 0 bridgehead atoms. The van der Waals surface area contributed by atoms with Gasteiger partial charge >= 0.3 is 0 Å². The topological polar surface area (TPSA) is 75.5 Å². The maximum absolute atomic E-state index is 12.3. The fourth-order valence-electron chi connectivity index (χ4n) is 2.77. The van der Waals surface area contributed by atoms with E-state index in [1.807, 2.05) is 24.3 Å². The number of anilines is 1. The molecule has 0 aromatic heterocycles. The highest BCUT2D eigenvalue weighted by molar-refractivity contribution is 6.07. The number of nitro benzene ring substituents is 1. The lowest BCUT2D eigenvalue weighted by atomic mass is 10.1. The lowest BCUT2D eigenvalue weighted by Crippen LogP contribution is -2.43. The summed E-state index contributed by atoms with van der Waals surface area (Å²) in [7, 11) is 0. The number of carbonyl (C=O) groups excluding carboxylic acids is 1. The minimum Gasteiger partial charge on any atom is -0.369 e. The first-order chi connectivity index (χ1) is 12.1. The average Bonchev–Trinajstić information content (AvgIpc) is 2.67. The number of nitrogens with one attached hydrogen (secondary N) is 1. The number of rotatable bonds is 5. The minimum absolute atomic E-state index is 0.00923. The van der Waals surface area contributed by atoms with Crippen molar-refractivity contribution in [2.45, 2.75) is 0 Å². The molecule has 128 valence electrons. The van der Waals surface area contributed by atoms with Crippen molar-refractivity contribution < 1.29 is 9.72 Å². The van der Waals surface area contributed by atoms with E-state index in [9.17, 15) is 14.9 Å². The van der Waals surface area contributed by atoms with E-state index in [-0.39, 0.29) is 11.5 Å². The lowest BCUT2D eigenvalue weighted by molar-refractivity contribution is -0.384. The zero-order valence-corrected chi connectivity index (χ0v) is 13.7. The van der Waals surface area contributed by atoms with Crippen LogP contribution in [0, 0.1) is 10.1 Å². The minimum atomic E-state index is -0.450. The SMILES string of the molecule is O=C(/C=C/c1cccc([N+](=O)[O-])c1)c1ccc(N2CCNCC2)cc1. The van der Waals surface area contributed by atoms with E-state index >= 15 is 0 Å². The number of carbonyl (C=O) groups is 1. The second-order valence-electron chi connectivity index (χ2n) is 5.83. The summed E-state index contributed by atoms with van der Waals surface area (Å²) < 4.78 is 0. The maximum Gasteiger partial charge on any atom is 0.270 e. The smallest absolute Gasteiger partial charge is 0.270 e. The number of non-ortho nitro benzene ring substituents is 1. The summed E-state index contributed by atoms with van der Waals surface area (Å²) in [6, 6.07) is 13.7. The van der Waals surface area contributed by atoms with Crippen LogP contribution in [0.1, 0.15) is 15.9 Å². The number of nitrogens with zero attached hydrogens (tertiary/aromatic N) is 2. The summed E-state index contributed by atoms with van der Waals surface area (Å²) in [5.41, 5.74) is 2.34. The molecule has 0 amide bonds. The number of hydrogen-bond acceptors (Lipinski definition) is 5. The molecule has 25 heavy (non-hydrogen) atoms. The molecule has 0 radical (unpaired) electrons. The van der Waals surface area contributed by atoms with Gasteiger partial charge in [-0.25, -0.2) is 0 Å². The van der Waals surface area contributed by atoms with Crippen LogP contribution in [0.25, 0.3) is 6.08 Å². The van der Waals surface area contributed by atoms with Crippen LogP contribution < -0.4 is 10.2 Å². The van der Waals surface area contributed by atoms with Crippen molar-refractivity contribution >= 4 is 23.2 Å². The van der Waals surface area contributed by atoms with Crippen molar-refractivity contribution in [3.63, 3.8) is 0 Å². The average molecular weight is 337 g/mol. The molecule has 1 saturated heterocycles. The van der Waals surface area contributed by atoms with Crippen molar-refractivity contribution in [3.05, 3.63) is 75.8 Å². The molecule has 1 aliphatic rings. The molecule has 6 nitrogen and oxygen atoms in total. The number of benzene rings is 2. The van der Waals surface area contributed by atoms with Gasteiger partial charge < -0.3 is 10.2 Å². The Bertz CT molecular complexity index is 794. The largest absolute Gasteiger partial charge is 0.369 e. The molecule has 2 aromatic carbocycles. The van der Waals surface area contributed by atoms with Gasteiger partial charge in [-0.2, -0.15) is 0 Å². The van der Waals surface area contributed by atoms with Gasteiger partial charge in [0.25, 0.3) is 5.69 Å². The van der Waals surface area contributed by atoms with Gasteiger partial charge in [0.2, 0.25) is 0 Å². The van der Waals surface area contributed by atoms with Crippen molar-refractivity contribution in [1.29, 1.82) is 0 Å². The number of hydrogen-bond donors (Lipinski definition) is 1. The third-order valence-corrected chi connectivity index (χ3v) is 4.14. The first-order valence-electron chi connectivity index (χ1n) is 8.16. The summed E-state index contributed by atoms with van der Waals surface area (Å²) in [5, 5.41) is 14.1. The molecule has 0 atom stereocenters. The van der Waals surface area contributed by atoms with Gasteiger partial charge in [0.1, 0.15) is 0 Å². The van der Waals surface area contributed by atoms with Crippen LogP contribution in [-0.2, 0) is 0 Å². The van der Waals surface area contributed by atoms with Gasteiger partial charge in [-0.1, -0.05) is 18.2 Å². The van der Waals surface area contributed by atoms with Crippen LogP contribution in [0.3, 0.4) is 0 Å². The Morgan fingerprint density at radius 3 is 2.52 bits per heavy atom. The van der Waals surface area contributed by atoms with Crippen molar-refractivity contribution in [3.8, 4) is 0 Å². The van der Waals surface area contributed by atoms with E-state index in [0.717, 1.165) is 31.9 Å². The maximum atomic E-state index is 12.3. The Hall–Kier alpha value is -2.99. The van der Waals surface area contributed by atoms with Crippen molar-refractivity contribution in [1.82, 2.24) is 5.32 Å². The first-order valence-corrected chi connectivity index (χ1v) is 8.16. The van der Waals surface area contributed by atoms with Crippen LogP contribution in [0.2, 0.25) is 0 Å². The Balaban J connectivity index is 1.68. The highest BCUT2D eigenvalue weighted by atomic mass is 16.6. The Morgan fingerprint density at radius 2 is 1.84 bits per heavy atom. The van der Waals surface area contributed by atoms with E-state index in [0.29, 0.717) is 11.1 Å². The van der Waals surface area contributed by atoms with E-state index in [4.69, 9.17) is 0 Å². The molecule has 1 heterocycles. The van der Waals surface area contributed by atoms with Crippen LogP contribution in [0.4, 0.5) is 11.4 Å². The molecule has 6 heteroatoms. The molecule has 0 saturated carbocycles. The molecule has 0 aliphatic carbocycles. The molecular weight excluding hydrogens is 318 g/mol. The lowest BCUT2D eigenvalue weighted by Gasteiger charge is -2.29. The van der Waals surface area contributed by atoms with E-state index in [1.165, 1.54) is 18.2 Å². The first kappa shape index (κ1) is 16.9. The number of nitro groups is 1. The number of ketones is 1. The Kier molecular flexibility index (Phi) is 5.20. The van der Waals surface area contributed by atoms with Gasteiger partial charge in [-0.05, 0) is 35.9 Å². The Labute approximate surface area is 145 Å². The van der Waals surface area contributed by atoms with Gasteiger partial charge in [0.05, 0.1) is 4.92 Å². The second-order valence-corrected chi connectivity index (χ2v) is 5.83. The standard InChI is InChI=1S/C19H19N3O3/c23-19(9-4-15-2-1-3-18(14-15)22(24)25)16-5-7-17(8-6-16)21-12-10-20-11-13-21/h1-9,14,20H,10-13H2/b9-4+. The van der Waals surface area contributed by atoms with Gasteiger partial charge in [0.15, 0.2) is 5.78 Å². The van der Waals surface area contributed by atoms with Crippen LogP contribution in [0.15, 0.2) is 54.6 Å². The predicted octanol–water partition coefficient (Wildman–Crippen LogP) is 2.90. The summed E-state index contributed by atoms with van der Waals surface area (Å²) in [5.74, 6) is -0.127. The van der Waals surface area contributed by atoms with E-state index in [2.05, 4.69) is 10.2 Å². The summed E-state index contributed by atoms with van der Waals surface area (Å²) >= 11 is 0. The quantitative estimate of drug-likeness (QED) is 0.393. The van der Waals surface area contributed by atoms with Crippen molar-refractivity contribution in [2.24, 2.45) is 0 Å². The Morgan fingerprint density at radius 1 is 1.12 bits per heavy atom. The highest BCUT2D eigenvalue weighted by Crippen LogP contribution is 2.17. The normalized spacial score (nSPS) is 14.6. The molecule has 2 aromatic rings.